The number of rotatable bonds is 2. The molecule has 1 heterocycles. The average Bonchev–Trinajstić information content (AvgIpc) is 2.31. The Balaban J connectivity index is 2.88. The summed E-state index contributed by atoms with van der Waals surface area (Å²) in [6.07, 6.45) is 0.925. The smallest absolute Gasteiger partial charge is 0.266 e. The molecule has 1 rings (SSSR count). The number of hydrogen-bond acceptors (Lipinski definition) is 3. The molecule has 0 aliphatic carbocycles. The highest BCUT2D eigenvalue weighted by molar-refractivity contribution is 4.64. The van der Waals surface area contributed by atoms with Crippen LogP contribution in [-0.2, 0) is 7.05 Å². The topological polar surface area (TPSA) is 57.6 Å². The van der Waals surface area contributed by atoms with Crippen molar-refractivity contribution in [2.24, 2.45) is 7.05 Å². The first-order valence-corrected chi connectivity index (χ1v) is 3.65. The maximum absolute atomic E-state index is 10.8. The maximum Gasteiger partial charge on any atom is 0.266 e. The molecular formula is C6H12N4O. The van der Waals surface area contributed by atoms with Crippen molar-refractivity contribution in [3.8, 4) is 6.01 Å². The van der Waals surface area contributed by atoms with E-state index < -0.39 is 0 Å². The van der Waals surface area contributed by atoms with Crippen LogP contribution in [0.15, 0.2) is 0 Å². The Hall–Kier alpha value is -1.13. The van der Waals surface area contributed by atoms with Gasteiger partial charge in [0.15, 0.2) is 0 Å². The van der Waals surface area contributed by atoms with Crippen LogP contribution in [0.2, 0.25) is 0 Å². The number of tetrazole rings is 1. The lowest BCUT2D eigenvalue weighted by molar-refractivity contribution is -0.767. The summed E-state index contributed by atoms with van der Waals surface area (Å²) in [6.45, 7) is 4.00. The highest BCUT2D eigenvalue weighted by Crippen LogP contribution is 2.04. The van der Waals surface area contributed by atoms with Gasteiger partial charge < -0.3 is 5.11 Å². The van der Waals surface area contributed by atoms with Gasteiger partial charge in [-0.3, -0.25) is 0 Å². The molecule has 5 heteroatoms. The predicted octanol–water partition coefficient (Wildman–Crippen LogP) is -0.853. The zero-order valence-corrected chi connectivity index (χ0v) is 6.98. The van der Waals surface area contributed by atoms with Crippen LogP contribution in [0.3, 0.4) is 0 Å². The molecule has 0 amide bonds. The van der Waals surface area contributed by atoms with Gasteiger partial charge in [-0.25, -0.2) is 0 Å². The van der Waals surface area contributed by atoms with Crippen molar-refractivity contribution < 1.29 is 9.79 Å². The SMILES string of the molecule is CCC(C)n1nc([O-])[n+](C)n1. The fourth-order valence-electron chi connectivity index (χ4n) is 0.698. The summed E-state index contributed by atoms with van der Waals surface area (Å²) in [4.78, 5) is 1.45. The third-order valence-corrected chi connectivity index (χ3v) is 1.68. The van der Waals surface area contributed by atoms with E-state index in [2.05, 4.69) is 10.3 Å². The molecule has 0 aliphatic rings. The third-order valence-electron chi connectivity index (χ3n) is 1.68. The lowest BCUT2D eigenvalue weighted by Gasteiger charge is -1.95. The van der Waals surface area contributed by atoms with Crippen LogP contribution in [0, 0.1) is 0 Å². The first kappa shape index (κ1) is 7.97. The van der Waals surface area contributed by atoms with Gasteiger partial charge in [0.1, 0.15) is 6.04 Å². The van der Waals surface area contributed by atoms with Gasteiger partial charge in [-0.2, -0.15) is 0 Å². The molecule has 62 valence electrons. The third kappa shape index (κ3) is 1.47. The van der Waals surface area contributed by atoms with E-state index >= 15 is 0 Å². The minimum Gasteiger partial charge on any atom is -0.816 e. The van der Waals surface area contributed by atoms with E-state index in [1.165, 1.54) is 9.48 Å². The molecule has 5 nitrogen and oxygen atoms in total. The summed E-state index contributed by atoms with van der Waals surface area (Å²) < 4.78 is 1.23. The summed E-state index contributed by atoms with van der Waals surface area (Å²) in [7, 11) is 1.59. The van der Waals surface area contributed by atoms with E-state index in [1.54, 1.807) is 7.05 Å². The van der Waals surface area contributed by atoms with Crippen molar-refractivity contribution in [1.82, 2.24) is 15.1 Å². The molecular weight excluding hydrogens is 144 g/mol. The predicted molar refractivity (Wildman–Crippen MR) is 35.6 cm³/mol. The molecule has 11 heavy (non-hydrogen) atoms. The van der Waals surface area contributed by atoms with Gasteiger partial charge in [0.2, 0.25) is 0 Å². The van der Waals surface area contributed by atoms with Gasteiger partial charge in [0.25, 0.3) is 6.01 Å². The standard InChI is InChI=1S/C6H12N4O/c1-4-5(2)10-7-6(11)9(3)8-10/h5H,4H2,1-3H3. The van der Waals surface area contributed by atoms with E-state index in [-0.39, 0.29) is 12.1 Å². The first-order valence-electron chi connectivity index (χ1n) is 3.65. The van der Waals surface area contributed by atoms with Gasteiger partial charge in [-0.1, -0.05) is 6.92 Å². The Morgan fingerprint density at radius 2 is 2.36 bits per heavy atom. The molecule has 1 aromatic rings. The van der Waals surface area contributed by atoms with E-state index in [9.17, 15) is 5.11 Å². The zero-order valence-electron chi connectivity index (χ0n) is 6.98. The van der Waals surface area contributed by atoms with E-state index in [0.717, 1.165) is 6.42 Å². The molecule has 0 aliphatic heterocycles. The van der Waals surface area contributed by atoms with Crippen LogP contribution < -0.4 is 9.79 Å². The lowest BCUT2D eigenvalue weighted by Crippen LogP contribution is -2.34. The van der Waals surface area contributed by atoms with Crippen LogP contribution in [0.1, 0.15) is 26.3 Å². The highest BCUT2D eigenvalue weighted by atomic mass is 16.3. The van der Waals surface area contributed by atoms with E-state index in [1.807, 2.05) is 13.8 Å². The fraction of sp³-hybridized carbons (Fsp3) is 0.833. The monoisotopic (exact) mass is 156 g/mol. The van der Waals surface area contributed by atoms with E-state index in [0.29, 0.717) is 0 Å². The van der Waals surface area contributed by atoms with Crippen LogP contribution in [0.5, 0.6) is 6.01 Å². The number of nitrogens with zero attached hydrogens (tertiary/aromatic N) is 4. The summed E-state index contributed by atoms with van der Waals surface area (Å²) in [5, 5.41) is 18.4. The normalized spacial score (nSPS) is 13.4. The van der Waals surface area contributed by atoms with Crippen molar-refractivity contribution in [1.29, 1.82) is 0 Å². The maximum atomic E-state index is 10.8. The van der Waals surface area contributed by atoms with Gasteiger partial charge in [-0.15, -0.1) is 4.68 Å². The van der Waals surface area contributed by atoms with Gasteiger partial charge in [-0.05, 0) is 18.1 Å². The second-order valence-corrected chi connectivity index (χ2v) is 2.57. The average molecular weight is 156 g/mol. The van der Waals surface area contributed by atoms with Crippen molar-refractivity contribution >= 4 is 0 Å². The van der Waals surface area contributed by atoms with Crippen LogP contribution in [-0.4, -0.2) is 15.1 Å². The summed E-state index contributed by atoms with van der Waals surface area (Å²) in [6, 6.07) is -0.103. The minimum absolute atomic E-state index is 0.198. The van der Waals surface area contributed by atoms with Crippen LogP contribution >= 0.6 is 0 Å². The second-order valence-electron chi connectivity index (χ2n) is 2.57. The highest BCUT2D eigenvalue weighted by Gasteiger charge is 2.13. The second kappa shape index (κ2) is 2.86. The molecule has 0 radical (unpaired) electrons. The van der Waals surface area contributed by atoms with Crippen LogP contribution in [0.25, 0.3) is 0 Å². The van der Waals surface area contributed by atoms with Crippen LogP contribution in [0.4, 0.5) is 0 Å². The number of hydrogen-bond donors (Lipinski definition) is 0. The Kier molecular flexibility index (Phi) is 2.07. The fourth-order valence-corrected chi connectivity index (χ4v) is 0.698. The van der Waals surface area contributed by atoms with Gasteiger partial charge in [0.05, 0.1) is 17.4 Å². The summed E-state index contributed by atoms with van der Waals surface area (Å²) >= 11 is 0. The largest absolute Gasteiger partial charge is 0.816 e. The van der Waals surface area contributed by atoms with Crippen molar-refractivity contribution in [2.75, 3.05) is 0 Å². The minimum atomic E-state index is -0.301. The van der Waals surface area contributed by atoms with Crippen molar-refractivity contribution in [2.45, 2.75) is 26.3 Å². The Labute approximate surface area is 65.2 Å². The first-order chi connectivity index (χ1) is 5.15. The molecule has 0 aromatic carbocycles. The van der Waals surface area contributed by atoms with Crippen molar-refractivity contribution in [3.05, 3.63) is 0 Å². The number of aryl methyl sites for hydroxylation is 1. The summed E-state index contributed by atoms with van der Waals surface area (Å²) in [5.41, 5.74) is 0. The zero-order chi connectivity index (χ0) is 8.43. The Morgan fingerprint density at radius 1 is 1.73 bits per heavy atom. The molecule has 0 spiro atoms. The molecule has 0 bridgehead atoms. The Morgan fingerprint density at radius 3 is 2.73 bits per heavy atom. The van der Waals surface area contributed by atoms with Gasteiger partial charge in [0, 0.05) is 0 Å². The van der Waals surface area contributed by atoms with Gasteiger partial charge >= 0.3 is 0 Å². The molecule has 0 fully saturated rings. The van der Waals surface area contributed by atoms with Crippen molar-refractivity contribution in [3.63, 3.8) is 0 Å². The lowest BCUT2D eigenvalue weighted by atomic mass is 10.3. The molecule has 0 saturated heterocycles. The molecule has 1 atom stereocenters. The Bertz CT molecular complexity index is 225. The number of aromatic nitrogens is 4. The molecule has 0 N–H and O–H groups in total. The molecule has 1 unspecified atom stereocenters. The quantitative estimate of drug-likeness (QED) is 0.524. The summed E-state index contributed by atoms with van der Waals surface area (Å²) in [5.74, 6) is 0. The molecule has 0 saturated carbocycles. The molecule has 1 aromatic heterocycles. The van der Waals surface area contributed by atoms with E-state index in [4.69, 9.17) is 0 Å².